The quantitative estimate of drug-likeness (QED) is 0.399. The summed E-state index contributed by atoms with van der Waals surface area (Å²) in [5.74, 6) is 10.8. The summed E-state index contributed by atoms with van der Waals surface area (Å²) in [7, 11) is 0. The fourth-order valence-electron chi connectivity index (χ4n) is 11.9. The van der Waals surface area contributed by atoms with Gasteiger partial charge in [-0.15, -0.1) is 0 Å². The lowest BCUT2D eigenvalue weighted by molar-refractivity contribution is -0.209. The van der Waals surface area contributed by atoms with Crippen LogP contribution in [0.2, 0.25) is 0 Å². The molecule has 166 valence electrons. The van der Waals surface area contributed by atoms with E-state index in [9.17, 15) is 4.79 Å². The van der Waals surface area contributed by atoms with Gasteiger partial charge < -0.3 is 4.74 Å². The topological polar surface area (TPSA) is 26.3 Å². The summed E-state index contributed by atoms with van der Waals surface area (Å²) >= 11 is 0. The normalized spacial score (nSPS) is 61.6. The molecule has 0 spiro atoms. The molecule has 0 amide bonds. The van der Waals surface area contributed by atoms with E-state index in [0.29, 0.717) is 17.8 Å². The molecule has 0 N–H and O–H groups in total. The third-order valence-corrected chi connectivity index (χ3v) is 12.6. The highest BCUT2D eigenvalue weighted by atomic mass is 16.6. The second kappa shape index (κ2) is 6.28. The molecular formula is C28H42O2. The molecule has 30 heavy (non-hydrogen) atoms. The Labute approximate surface area is 183 Å². The third kappa shape index (κ3) is 2.25. The number of carbonyl (C=O) groups excluding carboxylic acids is 1. The van der Waals surface area contributed by atoms with Crippen LogP contribution >= 0.6 is 0 Å². The zero-order valence-corrected chi connectivity index (χ0v) is 19.4. The molecule has 2 heteroatoms. The van der Waals surface area contributed by atoms with Crippen LogP contribution in [0, 0.1) is 76.9 Å². The molecule has 9 unspecified atom stereocenters. The molecule has 0 heterocycles. The molecular weight excluding hydrogens is 368 g/mol. The van der Waals surface area contributed by atoms with Crippen LogP contribution in [0.5, 0.6) is 0 Å². The van der Waals surface area contributed by atoms with E-state index >= 15 is 0 Å². The number of hydrogen-bond acceptors (Lipinski definition) is 2. The highest BCUT2D eigenvalue weighted by Crippen LogP contribution is 2.72. The number of carbonyl (C=O) groups is 1. The lowest BCUT2D eigenvalue weighted by Crippen LogP contribution is -2.58. The van der Waals surface area contributed by atoms with Gasteiger partial charge >= 0.3 is 5.97 Å². The summed E-state index contributed by atoms with van der Waals surface area (Å²) in [6.07, 6.45) is 13.5. The van der Waals surface area contributed by atoms with Gasteiger partial charge in [0.15, 0.2) is 0 Å². The van der Waals surface area contributed by atoms with Crippen molar-refractivity contribution in [2.75, 3.05) is 0 Å². The zero-order chi connectivity index (χ0) is 20.4. The molecule has 0 aromatic carbocycles. The largest absolute Gasteiger partial charge is 0.459 e. The van der Waals surface area contributed by atoms with Crippen molar-refractivity contribution in [2.45, 2.75) is 90.6 Å². The summed E-state index contributed by atoms with van der Waals surface area (Å²) in [6, 6.07) is 0. The highest BCUT2D eigenvalue weighted by molar-refractivity contribution is 5.74. The number of rotatable bonds is 4. The number of fused-ring (bicyclic) bond motifs is 9. The standard InChI is InChI=1S/C28H42O2/c1-4-19-20(5-2)23-13-22(19)25-16-11-21(26(23)25)24(12-16)27(29)30-28(3)17-7-14-6-15(9-17)10-18(28)8-14/h14-26H,4-13H2,1-3H3. The zero-order valence-electron chi connectivity index (χ0n) is 19.4. The van der Waals surface area contributed by atoms with E-state index in [1.807, 2.05) is 0 Å². The van der Waals surface area contributed by atoms with Crippen LogP contribution in [0.3, 0.4) is 0 Å². The summed E-state index contributed by atoms with van der Waals surface area (Å²) in [5, 5.41) is 0. The molecule has 0 radical (unpaired) electrons. The molecule has 8 bridgehead atoms. The summed E-state index contributed by atoms with van der Waals surface area (Å²) < 4.78 is 6.64. The Hall–Kier alpha value is -0.530. The minimum absolute atomic E-state index is 0.139. The molecule has 8 saturated carbocycles. The first kappa shape index (κ1) is 19.0. The van der Waals surface area contributed by atoms with Gasteiger partial charge in [-0.25, -0.2) is 0 Å². The maximum atomic E-state index is 13.7. The summed E-state index contributed by atoms with van der Waals surface area (Å²) in [4.78, 5) is 13.7. The van der Waals surface area contributed by atoms with Crippen LogP contribution in [-0.2, 0) is 9.53 Å². The Balaban J connectivity index is 1.10. The van der Waals surface area contributed by atoms with Crippen molar-refractivity contribution in [3.8, 4) is 0 Å². The average Bonchev–Trinajstić information content (AvgIpc) is 3.48. The van der Waals surface area contributed by atoms with Crippen LogP contribution in [0.4, 0.5) is 0 Å². The molecule has 0 aromatic heterocycles. The Morgan fingerprint density at radius 3 is 1.97 bits per heavy atom. The van der Waals surface area contributed by atoms with E-state index in [1.54, 1.807) is 0 Å². The minimum Gasteiger partial charge on any atom is -0.459 e. The minimum atomic E-state index is -0.139. The van der Waals surface area contributed by atoms with Gasteiger partial charge in [0.25, 0.3) is 0 Å². The molecule has 0 aliphatic heterocycles. The van der Waals surface area contributed by atoms with Crippen molar-refractivity contribution in [3.05, 3.63) is 0 Å². The fourth-order valence-corrected chi connectivity index (χ4v) is 11.9. The van der Waals surface area contributed by atoms with Gasteiger partial charge in [0, 0.05) is 0 Å². The predicted molar refractivity (Wildman–Crippen MR) is 117 cm³/mol. The first-order valence-corrected chi connectivity index (χ1v) is 13.7. The van der Waals surface area contributed by atoms with Gasteiger partial charge in [0.1, 0.15) is 5.60 Å². The van der Waals surface area contributed by atoms with Crippen molar-refractivity contribution in [1.29, 1.82) is 0 Å². The van der Waals surface area contributed by atoms with Crippen LogP contribution in [-0.4, -0.2) is 11.6 Å². The molecule has 0 saturated heterocycles. The third-order valence-electron chi connectivity index (χ3n) is 12.6. The molecule has 8 aliphatic carbocycles. The number of ether oxygens (including phenoxy) is 1. The lowest BCUT2D eigenvalue weighted by Gasteiger charge is -2.59. The van der Waals surface area contributed by atoms with Crippen LogP contribution in [0.1, 0.15) is 85.0 Å². The van der Waals surface area contributed by atoms with E-state index < -0.39 is 0 Å². The number of hydrogen-bond donors (Lipinski definition) is 0. The van der Waals surface area contributed by atoms with Gasteiger partial charge in [0.2, 0.25) is 0 Å². The molecule has 8 rings (SSSR count). The second-order valence-corrected chi connectivity index (χ2v) is 13.3. The van der Waals surface area contributed by atoms with Gasteiger partial charge in [0.05, 0.1) is 5.92 Å². The fraction of sp³-hybridized carbons (Fsp3) is 0.964. The highest BCUT2D eigenvalue weighted by Gasteiger charge is 2.68. The van der Waals surface area contributed by atoms with Crippen molar-refractivity contribution in [1.82, 2.24) is 0 Å². The Morgan fingerprint density at radius 2 is 1.37 bits per heavy atom. The van der Waals surface area contributed by atoms with E-state index in [-0.39, 0.29) is 17.5 Å². The SMILES string of the molecule is CCC1C(CC)C2CC1C1C3CC(C(=O)OC4(C)C5CC6CC(C5)CC4C6)C(C3)C21. The Bertz CT molecular complexity index is 713. The van der Waals surface area contributed by atoms with Gasteiger partial charge in [-0.2, -0.15) is 0 Å². The lowest BCUT2D eigenvalue weighted by atomic mass is 9.50. The van der Waals surface area contributed by atoms with Crippen molar-refractivity contribution in [2.24, 2.45) is 76.9 Å². The monoisotopic (exact) mass is 410 g/mol. The predicted octanol–water partition coefficient (Wildman–Crippen LogP) is 6.33. The van der Waals surface area contributed by atoms with E-state index in [2.05, 4.69) is 20.8 Å². The molecule has 0 aromatic rings. The number of esters is 1. The van der Waals surface area contributed by atoms with E-state index in [0.717, 1.165) is 59.7 Å². The Morgan fingerprint density at radius 1 is 0.767 bits per heavy atom. The van der Waals surface area contributed by atoms with Crippen molar-refractivity contribution in [3.63, 3.8) is 0 Å². The van der Waals surface area contributed by atoms with Crippen molar-refractivity contribution >= 4 is 5.97 Å². The first-order chi connectivity index (χ1) is 14.5. The van der Waals surface area contributed by atoms with Gasteiger partial charge in [-0.1, -0.05) is 26.7 Å². The maximum Gasteiger partial charge on any atom is 0.309 e. The summed E-state index contributed by atoms with van der Waals surface area (Å²) in [5.41, 5.74) is -0.139. The van der Waals surface area contributed by atoms with E-state index in [1.165, 1.54) is 57.8 Å². The molecule has 2 nitrogen and oxygen atoms in total. The average molecular weight is 411 g/mol. The van der Waals surface area contributed by atoms with Crippen LogP contribution in [0.25, 0.3) is 0 Å². The molecule has 8 fully saturated rings. The maximum absolute atomic E-state index is 13.7. The first-order valence-electron chi connectivity index (χ1n) is 13.7. The smallest absolute Gasteiger partial charge is 0.309 e. The van der Waals surface area contributed by atoms with Gasteiger partial charge in [-0.05, 0) is 129 Å². The van der Waals surface area contributed by atoms with Crippen LogP contribution in [0.15, 0.2) is 0 Å². The Kier molecular flexibility index (Phi) is 3.98. The van der Waals surface area contributed by atoms with Crippen molar-refractivity contribution < 1.29 is 9.53 Å². The summed E-state index contributed by atoms with van der Waals surface area (Å²) in [6.45, 7) is 7.20. The van der Waals surface area contributed by atoms with E-state index in [4.69, 9.17) is 4.74 Å². The van der Waals surface area contributed by atoms with Crippen LogP contribution < -0.4 is 0 Å². The molecule has 8 aliphatic rings. The van der Waals surface area contributed by atoms with Gasteiger partial charge in [-0.3, -0.25) is 4.79 Å². The molecule has 9 atom stereocenters. The second-order valence-electron chi connectivity index (χ2n) is 13.3.